The molecule has 0 saturated heterocycles. The van der Waals surface area contributed by atoms with Crippen LogP contribution in [0.5, 0.6) is 0 Å². The minimum atomic E-state index is 0.124. The summed E-state index contributed by atoms with van der Waals surface area (Å²) in [4.78, 5) is 11.2. The fourth-order valence-corrected chi connectivity index (χ4v) is 1.17. The predicted molar refractivity (Wildman–Crippen MR) is 61.6 cm³/mol. The second kappa shape index (κ2) is 11.5. The monoisotopic (exact) mass is 216 g/mol. The van der Waals surface area contributed by atoms with Crippen molar-refractivity contribution in [2.24, 2.45) is 5.73 Å². The Morgan fingerprint density at radius 2 is 2.07 bits per heavy atom. The van der Waals surface area contributed by atoms with Gasteiger partial charge in [-0.3, -0.25) is 4.79 Å². The summed E-state index contributed by atoms with van der Waals surface area (Å²) in [5, 5.41) is 2.86. The van der Waals surface area contributed by atoms with Gasteiger partial charge in [-0.2, -0.15) is 0 Å². The zero-order valence-electron chi connectivity index (χ0n) is 9.76. The molecule has 15 heavy (non-hydrogen) atoms. The van der Waals surface area contributed by atoms with E-state index in [0.29, 0.717) is 19.5 Å². The SMILES string of the molecule is CCCOCCCNC(=O)CCCCN. The molecule has 0 atom stereocenters. The van der Waals surface area contributed by atoms with Crippen molar-refractivity contribution in [3.63, 3.8) is 0 Å². The Bertz CT molecular complexity index is 152. The number of carbonyl (C=O) groups excluding carboxylic acids is 1. The third-order valence-corrected chi connectivity index (χ3v) is 1.99. The third-order valence-electron chi connectivity index (χ3n) is 1.99. The van der Waals surface area contributed by atoms with Gasteiger partial charge in [0.15, 0.2) is 0 Å². The van der Waals surface area contributed by atoms with Crippen molar-refractivity contribution in [1.29, 1.82) is 0 Å². The van der Waals surface area contributed by atoms with Crippen molar-refractivity contribution in [3.05, 3.63) is 0 Å². The van der Waals surface area contributed by atoms with E-state index in [-0.39, 0.29) is 5.91 Å². The van der Waals surface area contributed by atoms with Crippen LogP contribution in [0.2, 0.25) is 0 Å². The Kier molecular flexibility index (Phi) is 11.0. The standard InChI is InChI=1S/C11H24N2O2/c1-2-9-15-10-5-8-13-11(14)6-3-4-7-12/h2-10,12H2,1H3,(H,13,14). The van der Waals surface area contributed by atoms with Gasteiger partial charge in [-0.15, -0.1) is 0 Å². The second-order valence-corrected chi connectivity index (χ2v) is 3.56. The molecule has 0 radical (unpaired) electrons. The summed E-state index contributed by atoms with van der Waals surface area (Å²) >= 11 is 0. The first-order valence-corrected chi connectivity index (χ1v) is 5.85. The molecule has 90 valence electrons. The van der Waals surface area contributed by atoms with Crippen LogP contribution in [0.4, 0.5) is 0 Å². The maximum absolute atomic E-state index is 11.2. The molecular weight excluding hydrogens is 192 g/mol. The van der Waals surface area contributed by atoms with Gasteiger partial charge in [-0.25, -0.2) is 0 Å². The Morgan fingerprint density at radius 1 is 1.27 bits per heavy atom. The van der Waals surface area contributed by atoms with Crippen molar-refractivity contribution < 1.29 is 9.53 Å². The second-order valence-electron chi connectivity index (χ2n) is 3.56. The molecular formula is C11H24N2O2. The molecule has 0 unspecified atom stereocenters. The van der Waals surface area contributed by atoms with Crippen molar-refractivity contribution in [2.75, 3.05) is 26.3 Å². The average Bonchev–Trinajstić information content (AvgIpc) is 2.23. The number of carbonyl (C=O) groups is 1. The highest BCUT2D eigenvalue weighted by molar-refractivity contribution is 5.75. The molecule has 0 aromatic carbocycles. The number of rotatable bonds is 10. The molecule has 4 heteroatoms. The number of nitrogens with two attached hydrogens (primary N) is 1. The normalized spacial score (nSPS) is 10.3. The summed E-state index contributed by atoms with van der Waals surface area (Å²) in [5.74, 6) is 0.124. The van der Waals surface area contributed by atoms with Gasteiger partial charge in [0.25, 0.3) is 0 Å². The molecule has 0 aliphatic carbocycles. The first-order valence-electron chi connectivity index (χ1n) is 5.85. The summed E-state index contributed by atoms with van der Waals surface area (Å²) in [7, 11) is 0. The van der Waals surface area contributed by atoms with Crippen molar-refractivity contribution in [3.8, 4) is 0 Å². The van der Waals surface area contributed by atoms with E-state index < -0.39 is 0 Å². The van der Waals surface area contributed by atoms with Crippen molar-refractivity contribution >= 4 is 5.91 Å². The van der Waals surface area contributed by atoms with Crippen LogP contribution in [-0.4, -0.2) is 32.2 Å². The lowest BCUT2D eigenvalue weighted by Crippen LogP contribution is -2.25. The highest BCUT2D eigenvalue weighted by atomic mass is 16.5. The zero-order valence-corrected chi connectivity index (χ0v) is 9.76. The molecule has 0 aliphatic rings. The topological polar surface area (TPSA) is 64.3 Å². The molecule has 0 aromatic rings. The van der Waals surface area contributed by atoms with Gasteiger partial charge in [-0.05, 0) is 32.2 Å². The van der Waals surface area contributed by atoms with Gasteiger partial charge in [0.1, 0.15) is 0 Å². The van der Waals surface area contributed by atoms with E-state index in [1.165, 1.54) is 0 Å². The first-order chi connectivity index (χ1) is 7.31. The van der Waals surface area contributed by atoms with Crippen LogP contribution in [-0.2, 0) is 9.53 Å². The van der Waals surface area contributed by atoms with Gasteiger partial charge in [0.05, 0.1) is 0 Å². The lowest BCUT2D eigenvalue weighted by Gasteiger charge is -2.05. The fraction of sp³-hybridized carbons (Fsp3) is 0.909. The summed E-state index contributed by atoms with van der Waals surface area (Å²) in [6, 6.07) is 0. The molecule has 0 fully saturated rings. The van der Waals surface area contributed by atoms with Crippen LogP contribution in [0.1, 0.15) is 39.0 Å². The Hall–Kier alpha value is -0.610. The van der Waals surface area contributed by atoms with Crippen LogP contribution in [0.3, 0.4) is 0 Å². The Balaban J connectivity index is 3.10. The summed E-state index contributed by atoms with van der Waals surface area (Å²) in [6.45, 7) is 5.00. The molecule has 1 amide bonds. The van der Waals surface area contributed by atoms with E-state index >= 15 is 0 Å². The van der Waals surface area contributed by atoms with E-state index in [0.717, 1.165) is 38.9 Å². The number of ether oxygens (including phenoxy) is 1. The molecule has 0 bridgehead atoms. The third kappa shape index (κ3) is 11.3. The lowest BCUT2D eigenvalue weighted by molar-refractivity contribution is -0.121. The van der Waals surface area contributed by atoms with E-state index in [4.69, 9.17) is 10.5 Å². The number of hydrogen-bond acceptors (Lipinski definition) is 3. The average molecular weight is 216 g/mol. The Labute approximate surface area is 92.6 Å². The Morgan fingerprint density at radius 3 is 2.73 bits per heavy atom. The minimum Gasteiger partial charge on any atom is -0.381 e. The minimum absolute atomic E-state index is 0.124. The van der Waals surface area contributed by atoms with Crippen molar-refractivity contribution in [2.45, 2.75) is 39.0 Å². The molecule has 0 heterocycles. The number of hydrogen-bond donors (Lipinski definition) is 2. The molecule has 0 aromatic heterocycles. The van der Waals surface area contributed by atoms with Gasteiger partial charge in [0.2, 0.25) is 5.91 Å². The molecule has 0 aliphatic heterocycles. The molecule has 0 spiro atoms. The number of nitrogens with one attached hydrogen (secondary N) is 1. The van der Waals surface area contributed by atoms with Crippen molar-refractivity contribution in [1.82, 2.24) is 5.32 Å². The van der Waals surface area contributed by atoms with Gasteiger partial charge < -0.3 is 15.8 Å². The fourth-order valence-electron chi connectivity index (χ4n) is 1.17. The smallest absolute Gasteiger partial charge is 0.219 e. The maximum Gasteiger partial charge on any atom is 0.219 e. The lowest BCUT2D eigenvalue weighted by atomic mass is 10.2. The van der Waals surface area contributed by atoms with E-state index in [1.54, 1.807) is 0 Å². The molecule has 3 N–H and O–H groups in total. The van der Waals surface area contributed by atoms with E-state index in [2.05, 4.69) is 12.2 Å². The summed E-state index contributed by atoms with van der Waals surface area (Å²) in [6.07, 6.45) is 4.34. The van der Waals surface area contributed by atoms with Gasteiger partial charge in [0, 0.05) is 26.2 Å². The van der Waals surface area contributed by atoms with Crippen LogP contribution >= 0.6 is 0 Å². The zero-order chi connectivity index (χ0) is 11.4. The number of amides is 1. The van der Waals surface area contributed by atoms with E-state index in [9.17, 15) is 4.79 Å². The summed E-state index contributed by atoms with van der Waals surface area (Å²) in [5.41, 5.74) is 5.33. The molecule has 4 nitrogen and oxygen atoms in total. The van der Waals surface area contributed by atoms with Crippen LogP contribution in [0.15, 0.2) is 0 Å². The quantitative estimate of drug-likeness (QED) is 0.536. The van der Waals surface area contributed by atoms with Crippen LogP contribution in [0.25, 0.3) is 0 Å². The van der Waals surface area contributed by atoms with E-state index in [1.807, 2.05) is 0 Å². The number of unbranched alkanes of at least 4 members (excludes halogenated alkanes) is 1. The van der Waals surface area contributed by atoms with Gasteiger partial charge >= 0.3 is 0 Å². The largest absolute Gasteiger partial charge is 0.381 e. The van der Waals surface area contributed by atoms with Crippen LogP contribution in [0, 0.1) is 0 Å². The maximum atomic E-state index is 11.2. The highest BCUT2D eigenvalue weighted by Gasteiger charge is 1.99. The van der Waals surface area contributed by atoms with Crippen LogP contribution < -0.4 is 11.1 Å². The predicted octanol–water partition coefficient (Wildman–Crippen LogP) is 1.05. The molecule has 0 rings (SSSR count). The van der Waals surface area contributed by atoms with Gasteiger partial charge in [-0.1, -0.05) is 6.92 Å². The molecule has 0 saturated carbocycles. The highest BCUT2D eigenvalue weighted by Crippen LogP contribution is 1.93. The first kappa shape index (κ1) is 14.4. The summed E-state index contributed by atoms with van der Waals surface area (Å²) < 4.78 is 5.30.